The lowest BCUT2D eigenvalue weighted by Gasteiger charge is -2.42. The van der Waals surface area contributed by atoms with Gasteiger partial charge < -0.3 is 15.4 Å². The summed E-state index contributed by atoms with van der Waals surface area (Å²) in [5.74, 6) is 1.83. The van der Waals surface area contributed by atoms with E-state index in [4.69, 9.17) is 10.5 Å². The standard InChI is InChI=1S/C20H26N4OS/c1-25-15-5-2-3-6-16(15)26-19-14-22-18(13-23-19)24-11-9-20(10-12-24)8-4-7-17(20)21/h2-3,5-6,13-14,17H,4,7-12,21H2,1H3/t17-/m1/s1. The van der Waals surface area contributed by atoms with E-state index in [9.17, 15) is 0 Å². The van der Waals surface area contributed by atoms with Crippen LogP contribution in [0.15, 0.2) is 46.6 Å². The van der Waals surface area contributed by atoms with Gasteiger partial charge in [0.25, 0.3) is 0 Å². The van der Waals surface area contributed by atoms with Crippen LogP contribution >= 0.6 is 11.8 Å². The van der Waals surface area contributed by atoms with Gasteiger partial charge in [0, 0.05) is 19.1 Å². The van der Waals surface area contributed by atoms with E-state index in [1.54, 1.807) is 18.9 Å². The van der Waals surface area contributed by atoms with E-state index in [-0.39, 0.29) is 0 Å². The van der Waals surface area contributed by atoms with E-state index in [2.05, 4.69) is 14.9 Å². The molecule has 1 aliphatic carbocycles. The number of hydrogen-bond acceptors (Lipinski definition) is 6. The first-order valence-electron chi connectivity index (χ1n) is 9.34. The molecule has 2 N–H and O–H groups in total. The highest BCUT2D eigenvalue weighted by Gasteiger charge is 2.42. The molecule has 5 nitrogen and oxygen atoms in total. The second-order valence-corrected chi connectivity index (χ2v) is 8.38. The smallest absolute Gasteiger partial charge is 0.147 e. The van der Waals surface area contributed by atoms with Crippen molar-refractivity contribution in [2.45, 2.75) is 48.1 Å². The van der Waals surface area contributed by atoms with Gasteiger partial charge in [-0.25, -0.2) is 9.97 Å². The number of nitrogens with zero attached hydrogens (tertiary/aromatic N) is 3. The molecule has 26 heavy (non-hydrogen) atoms. The summed E-state index contributed by atoms with van der Waals surface area (Å²) < 4.78 is 5.40. The van der Waals surface area contributed by atoms with Crippen molar-refractivity contribution >= 4 is 17.6 Å². The Morgan fingerprint density at radius 2 is 1.96 bits per heavy atom. The number of nitrogens with two attached hydrogens (primary N) is 1. The number of hydrogen-bond donors (Lipinski definition) is 1. The van der Waals surface area contributed by atoms with Crippen LogP contribution < -0.4 is 15.4 Å². The van der Waals surface area contributed by atoms with Crippen LogP contribution in [0.3, 0.4) is 0 Å². The molecule has 0 unspecified atom stereocenters. The van der Waals surface area contributed by atoms with Gasteiger partial charge in [-0.1, -0.05) is 30.3 Å². The molecule has 1 spiro atoms. The first-order chi connectivity index (χ1) is 12.7. The second-order valence-electron chi connectivity index (χ2n) is 7.31. The van der Waals surface area contributed by atoms with Gasteiger partial charge in [0.05, 0.1) is 24.4 Å². The van der Waals surface area contributed by atoms with E-state index >= 15 is 0 Å². The third kappa shape index (κ3) is 3.40. The van der Waals surface area contributed by atoms with Crippen LogP contribution in [0.5, 0.6) is 5.75 Å². The molecule has 138 valence electrons. The molecule has 2 fully saturated rings. The Kier molecular flexibility index (Phi) is 5.05. The van der Waals surface area contributed by atoms with Gasteiger partial charge in [-0.15, -0.1) is 0 Å². The van der Waals surface area contributed by atoms with Crippen molar-refractivity contribution in [1.82, 2.24) is 9.97 Å². The summed E-state index contributed by atoms with van der Waals surface area (Å²) in [4.78, 5) is 12.7. The highest BCUT2D eigenvalue weighted by Crippen LogP contribution is 2.45. The van der Waals surface area contributed by atoms with Crippen LogP contribution in [0.2, 0.25) is 0 Å². The second kappa shape index (κ2) is 7.45. The average Bonchev–Trinajstić information content (AvgIpc) is 3.03. The summed E-state index contributed by atoms with van der Waals surface area (Å²) in [6, 6.07) is 8.35. The first kappa shape index (κ1) is 17.6. The van der Waals surface area contributed by atoms with Crippen LogP contribution in [0.25, 0.3) is 0 Å². The zero-order valence-corrected chi connectivity index (χ0v) is 16.0. The molecule has 2 heterocycles. The van der Waals surface area contributed by atoms with Gasteiger partial charge in [-0.05, 0) is 43.2 Å². The van der Waals surface area contributed by atoms with Crippen LogP contribution in [-0.4, -0.2) is 36.2 Å². The fourth-order valence-corrected chi connectivity index (χ4v) is 5.14. The molecule has 2 aliphatic rings. The van der Waals surface area contributed by atoms with Crippen LogP contribution in [0.4, 0.5) is 5.82 Å². The summed E-state index contributed by atoms with van der Waals surface area (Å²) in [5.41, 5.74) is 6.76. The van der Waals surface area contributed by atoms with Gasteiger partial charge >= 0.3 is 0 Å². The minimum absolute atomic E-state index is 0.379. The quantitative estimate of drug-likeness (QED) is 0.885. The Bertz CT molecular complexity index is 744. The van der Waals surface area contributed by atoms with Gasteiger partial charge in [0.1, 0.15) is 16.6 Å². The fourth-order valence-electron chi connectivity index (χ4n) is 4.31. The lowest BCUT2D eigenvalue weighted by molar-refractivity contribution is 0.197. The van der Waals surface area contributed by atoms with Gasteiger partial charge in [0.2, 0.25) is 0 Å². The Morgan fingerprint density at radius 1 is 1.15 bits per heavy atom. The molecule has 0 bridgehead atoms. The van der Waals surface area contributed by atoms with Crippen molar-refractivity contribution in [2.24, 2.45) is 11.1 Å². The summed E-state index contributed by atoms with van der Waals surface area (Å²) in [6.45, 7) is 2.06. The maximum absolute atomic E-state index is 6.39. The third-order valence-electron chi connectivity index (χ3n) is 5.96. The van der Waals surface area contributed by atoms with E-state index in [1.165, 1.54) is 32.1 Å². The summed E-state index contributed by atoms with van der Waals surface area (Å²) in [6.07, 6.45) is 9.87. The zero-order valence-electron chi connectivity index (χ0n) is 15.2. The highest BCUT2D eigenvalue weighted by molar-refractivity contribution is 7.99. The van der Waals surface area contributed by atoms with Gasteiger partial charge in [-0.3, -0.25) is 0 Å². The normalized spacial score (nSPS) is 21.9. The Labute approximate surface area is 159 Å². The molecular weight excluding hydrogens is 344 g/mol. The lowest BCUT2D eigenvalue weighted by Crippen LogP contribution is -2.47. The number of aromatic nitrogens is 2. The fraction of sp³-hybridized carbons (Fsp3) is 0.500. The number of benzene rings is 1. The molecule has 1 saturated carbocycles. The minimum Gasteiger partial charge on any atom is -0.496 e. The summed E-state index contributed by atoms with van der Waals surface area (Å²) in [5, 5.41) is 0.879. The van der Waals surface area contributed by atoms with Gasteiger partial charge in [0.15, 0.2) is 0 Å². The zero-order chi connectivity index (χ0) is 18.0. The molecule has 2 aromatic rings. The van der Waals surface area contributed by atoms with Crippen LogP contribution in [0, 0.1) is 5.41 Å². The number of ether oxygens (including phenoxy) is 1. The van der Waals surface area contributed by atoms with Crippen molar-refractivity contribution in [3.63, 3.8) is 0 Å². The van der Waals surface area contributed by atoms with E-state index in [0.29, 0.717) is 11.5 Å². The molecule has 1 saturated heterocycles. The third-order valence-corrected chi connectivity index (χ3v) is 6.93. The average molecular weight is 371 g/mol. The topological polar surface area (TPSA) is 64.3 Å². The maximum atomic E-state index is 6.39. The highest BCUT2D eigenvalue weighted by atomic mass is 32.2. The van der Waals surface area contributed by atoms with Crippen molar-refractivity contribution in [2.75, 3.05) is 25.1 Å². The van der Waals surface area contributed by atoms with Gasteiger partial charge in [-0.2, -0.15) is 0 Å². The largest absolute Gasteiger partial charge is 0.496 e. The van der Waals surface area contributed by atoms with Crippen molar-refractivity contribution in [3.8, 4) is 5.75 Å². The summed E-state index contributed by atoms with van der Waals surface area (Å²) >= 11 is 1.58. The molecule has 0 radical (unpaired) electrons. The number of piperidine rings is 1. The molecule has 1 atom stereocenters. The van der Waals surface area contributed by atoms with E-state index < -0.39 is 0 Å². The van der Waals surface area contributed by atoms with Crippen LogP contribution in [-0.2, 0) is 0 Å². The molecule has 0 amide bonds. The molecular formula is C20H26N4OS. The molecule has 4 rings (SSSR count). The van der Waals surface area contributed by atoms with E-state index in [0.717, 1.165) is 34.6 Å². The molecule has 1 aromatic heterocycles. The Balaban J connectivity index is 1.41. The van der Waals surface area contributed by atoms with E-state index in [1.807, 2.05) is 36.7 Å². The van der Waals surface area contributed by atoms with Crippen LogP contribution in [0.1, 0.15) is 32.1 Å². The number of para-hydroxylation sites is 1. The lowest BCUT2D eigenvalue weighted by atomic mass is 9.74. The Hall–Kier alpha value is -1.79. The predicted octanol–water partition coefficient (Wildman–Crippen LogP) is 3.73. The summed E-state index contributed by atoms with van der Waals surface area (Å²) in [7, 11) is 1.69. The maximum Gasteiger partial charge on any atom is 0.147 e. The monoisotopic (exact) mass is 370 g/mol. The SMILES string of the molecule is COc1ccccc1Sc1cnc(N2CCC3(CCC[C@H]3N)CC2)cn1. The molecule has 1 aromatic carbocycles. The predicted molar refractivity (Wildman–Crippen MR) is 105 cm³/mol. The first-order valence-corrected chi connectivity index (χ1v) is 10.2. The number of anilines is 1. The number of rotatable bonds is 4. The molecule has 1 aliphatic heterocycles. The van der Waals surface area contributed by atoms with Crippen molar-refractivity contribution in [3.05, 3.63) is 36.7 Å². The molecule has 6 heteroatoms. The number of methoxy groups -OCH3 is 1. The Morgan fingerprint density at radius 3 is 2.62 bits per heavy atom. The van der Waals surface area contributed by atoms with Crippen molar-refractivity contribution in [1.29, 1.82) is 0 Å². The minimum atomic E-state index is 0.379. The van der Waals surface area contributed by atoms with Crippen molar-refractivity contribution < 1.29 is 4.74 Å².